The summed E-state index contributed by atoms with van der Waals surface area (Å²) >= 11 is 1.24. The topological polar surface area (TPSA) is 115 Å². The van der Waals surface area contributed by atoms with Gasteiger partial charge in [0.1, 0.15) is 10.8 Å². The molecule has 0 aliphatic carbocycles. The lowest BCUT2D eigenvalue weighted by atomic mass is 10.5. The van der Waals surface area contributed by atoms with E-state index in [1.165, 1.54) is 11.3 Å². The van der Waals surface area contributed by atoms with E-state index in [0.29, 0.717) is 11.6 Å². The van der Waals surface area contributed by atoms with Crippen LogP contribution in [0.2, 0.25) is 0 Å². The number of nitrogens with zero attached hydrogens (tertiary/aromatic N) is 2. The van der Waals surface area contributed by atoms with Crippen molar-refractivity contribution in [1.82, 2.24) is 10.2 Å². The molecule has 7 nitrogen and oxygen atoms in total. The van der Waals surface area contributed by atoms with Crippen LogP contribution < -0.4 is 11.1 Å². The molecule has 0 saturated carbocycles. The summed E-state index contributed by atoms with van der Waals surface area (Å²) < 4.78 is 23.0. The molecule has 0 fully saturated rings. The molecule has 0 spiro atoms. The normalized spacial score (nSPS) is 11.4. The van der Waals surface area contributed by atoms with E-state index in [4.69, 9.17) is 5.73 Å². The molecule has 0 radical (unpaired) electrons. The fourth-order valence-electron chi connectivity index (χ4n) is 1.18. The van der Waals surface area contributed by atoms with Crippen LogP contribution in [-0.4, -0.2) is 42.6 Å². The van der Waals surface area contributed by atoms with E-state index in [0.717, 1.165) is 11.4 Å². The number of sulfone groups is 1. The maximum absolute atomic E-state index is 11.5. The van der Waals surface area contributed by atoms with Gasteiger partial charge in [0.2, 0.25) is 11.0 Å². The lowest BCUT2D eigenvalue weighted by Crippen LogP contribution is -2.25. The average Bonchev–Trinajstić information content (AvgIpc) is 2.73. The van der Waals surface area contributed by atoms with E-state index in [9.17, 15) is 13.2 Å². The van der Waals surface area contributed by atoms with Gasteiger partial charge in [-0.05, 0) is 19.4 Å². The van der Waals surface area contributed by atoms with E-state index >= 15 is 0 Å². The third kappa shape index (κ3) is 5.07. The number of hydrogen-bond acceptors (Lipinski definition) is 7. The predicted molar refractivity (Wildman–Crippen MR) is 70.2 cm³/mol. The zero-order valence-electron chi connectivity index (χ0n) is 10.0. The van der Waals surface area contributed by atoms with E-state index in [1.54, 1.807) is 0 Å². The summed E-state index contributed by atoms with van der Waals surface area (Å²) in [6.07, 6.45) is 1.08. The van der Waals surface area contributed by atoms with Crippen molar-refractivity contribution in [3.63, 3.8) is 0 Å². The van der Waals surface area contributed by atoms with Gasteiger partial charge >= 0.3 is 0 Å². The maximum Gasteiger partial charge on any atom is 0.241 e. The molecule has 3 N–H and O–H groups in total. The minimum Gasteiger partial charge on any atom is -0.330 e. The number of nitrogens with two attached hydrogens (primary N) is 1. The molecule has 0 aliphatic heterocycles. The summed E-state index contributed by atoms with van der Waals surface area (Å²) in [4.78, 5) is 11.5. The van der Waals surface area contributed by atoms with Crippen molar-refractivity contribution in [2.45, 2.75) is 19.8 Å². The lowest BCUT2D eigenvalue weighted by molar-refractivity contribution is -0.113. The van der Waals surface area contributed by atoms with E-state index in [2.05, 4.69) is 15.5 Å². The molecular formula is C9H16N4O3S2. The van der Waals surface area contributed by atoms with Gasteiger partial charge < -0.3 is 5.73 Å². The van der Waals surface area contributed by atoms with Crippen LogP contribution >= 0.6 is 11.3 Å². The average molecular weight is 292 g/mol. The second-order valence-corrected chi connectivity index (χ2v) is 6.88. The Labute approximate surface area is 110 Å². The number of carbonyl (C=O) groups is 1. The lowest BCUT2D eigenvalue weighted by Gasteiger charge is -2.02. The monoisotopic (exact) mass is 292 g/mol. The molecule has 0 aromatic carbocycles. The Kier molecular flexibility index (Phi) is 5.63. The molecular weight excluding hydrogens is 276 g/mol. The van der Waals surface area contributed by atoms with Gasteiger partial charge in [0.15, 0.2) is 9.84 Å². The summed E-state index contributed by atoms with van der Waals surface area (Å²) in [5, 5.41) is 11.1. The molecule has 0 atom stereocenters. The summed E-state index contributed by atoms with van der Waals surface area (Å²) in [6, 6.07) is 0. The highest BCUT2D eigenvalue weighted by Crippen LogP contribution is 2.15. The summed E-state index contributed by atoms with van der Waals surface area (Å²) in [6.45, 7) is 2.21. The zero-order valence-corrected chi connectivity index (χ0v) is 11.7. The molecule has 1 amide bonds. The maximum atomic E-state index is 11.5. The van der Waals surface area contributed by atoms with Crippen LogP contribution in [0.3, 0.4) is 0 Å². The van der Waals surface area contributed by atoms with Gasteiger partial charge in [-0.1, -0.05) is 18.3 Å². The molecule has 1 rings (SSSR count). The first kappa shape index (κ1) is 15.0. The minimum absolute atomic E-state index is 0.0761. The van der Waals surface area contributed by atoms with Gasteiger partial charge in [0.25, 0.3) is 0 Å². The van der Waals surface area contributed by atoms with Crippen LogP contribution in [0.5, 0.6) is 0 Å². The molecule has 9 heteroatoms. The molecule has 1 aromatic rings. The molecule has 0 aliphatic rings. The molecule has 1 aromatic heterocycles. The van der Waals surface area contributed by atoms with Crippen molar-refractivity contribution in [2.75, 3.05) is 23.4 Å². The smallest absolute Gasteiger partial charge is 0.241 e. The standard InChI is InChI=1S/C9H16N4O3S2/c1-2-8-12-13-9(17-8)11-7(14)6-18(15,16)5-3-4-10/h2-6,10H2,1H3,(H,11,13,14). The highest BCUT2D eigenvalue weighted by Gasteiger charge is 2.17. The van der Waals surface area contributed by atoms with Crippen molar-refractivity contribution >= 4 is 32.2 Å². The quantitative estimate of drug-likeness (QED) is 0.719. The summed E-state index contributed by atoms with van der Waals surface area (Å²) in [5.74, 6) is -1.22. The largest absolute Gasteiger partial charge is 0.330 e. The second kappa shape index (κ2) is 6.76. The van der Waals surface area contributed by atoms with Crippen molar-refractivity contribution in [1.29, 1.82) is 0 Å². The van der Waals surface area contributed by atoms with Gasteiger partial charge in [-0.25, -0.2) is 8.42 Å². The van der Waals surface area contributed by atoms with Crippen molar-refractivity contribution < 1.29 is 13.2 Å². The van der Waals surface area contributed by atoms with Crippen LogP contribution in [0.4, 0.5) is 5.13 Å². The minimum atomic E-state index is -3.40. The Hall–Kier alpha value is -1.06. The number of carbonyl (C=O) groups excluding carboxylic acids is 1. The van der Waals surface area contributed by atoms with Gasteiger partial charge in [0.05, 0.1) is 5.75 Å². The molecule has 0 unspecified atom stereocenters. The number of aromatic nitrogens is 2. The first-order chi connectivity index (χ1) is 8.46. The first-order valence-electron chi connectivity index (χ1n) is 5.49. The fourth-order valence-corrected chi connectivity index (χ4v) is 3.10. The second-order valence-electron chi connectivity index (χ2n) is 3.64. The summed E-state index contributed by atoms with van der Waals surface area (Å²) in [5.41, 5.74) is 5.23. The number of rotatable bonds is 7. The van der Waals surface area contributed by atoms with E-state index in [1.807, 2.05) is 6.92 Å². The van der Waals surface area contributed by atoms with Crippen LogP contribution in [0.15, 0.2) is 0 Å². The van der Waals surface area contributed by atoms with Crippen molar-refractivity contribution in [2.24, 2.45) is 5.73 Å². The molecule has 102 valence electrons. The van der Waals surface area contributed by atoms with Crippen LogP contribution in [0, 0.1) is 0 Å². The van der Waals surface area contributed by atoms with Crippen molar-refractivity contribution in [3.05, 3.63) is 5.01 Å². The van der Waals surface area contributed by atoms with Gasteiger partial charge in [-0.2, -0.15) is 0 Å². The predicted octanol–water partition coefficient (Wildman–Crippen LogP) is -0.197. The Bertz CT molecular complexity index is 498. The number of hydrogen-bond donors (Lipinski definition) is 2. The number of amides is 1. The molecule has 1 heterocycles. The van der Waals surface area contributed by atoms with E-state index < -0.39 is 21.5 Å². The van der Waals surface area contributed by atoms with Gasteiger partial charge in [-0.3, -0.25) is 10.1 Å². The number of aryl methyl sites for hydroxylation is 1. The zero-order chi connectivity index (χ0) is 13.6. The number of anilines is 1. The van der Waals surface area contributed by atoms with Crippen molar-refractivity contribution in [3.8, 4) is 0 Å². The van der Waals surface area contributed by atoms with Gasteiger partial charge in [-0.15, -0.1) is 10.2 Å². The van der Waals surface area contributed by atoms with Crippen LogP contribution in [0.25, 0.3) is 0 Å². The Morgan fingerprint density at radius 2 is 2.17 bits per heavy atom. The van der Waals surface area contributed by atoms with E-state index in [-0.39, 0.29) is 12.3 Å². The Balaban J connectivity index is 2.51. The Morgan fingerprint density at radius 1 is 1.44 bits per heavy atom. The highest BCUT2D eigenvalue weighted by atomic mass is 32.2. The summed E-state index contributed by atoms with van der Waals surface area (Å²) in [7, 11) is -3.40. The molecule has 0 bridgehead atoms. The highest BCUT2D eigenvalue weighted by molar-refractivity contribution is 7.92. The van der Waals surface area contributed by atoms with Crippen LogP contribution in [-0.2, 0) is 21.1 Å². The third-order valence-electron chi connectivity index (χ3n) is 2.03. The third-order valence-corrected chi connectivity index (χ3v) is 4.62. The Morgan fingerprint density at radius 3 is 2.72 bits per heavy atom. The molecule has 0 saturated heterocycles. The first-order valence-corrected chi connectivity index (χ1v) is 8.13. The number of nitrogens with one attached hydrogen (secondary N) is 1. The fraction of sp³-hybridized carbons (Fsp3) is 0.667. The molecule has 18 heavy (non-hydrogen) atoms. The SMILES string of the molecule is CCc1nnc(NC(=O)CS(=O)(=O)CCCN)s1. The van der Waals surface area contributed by atoms with Crippen LogP contribution in [0.1, 0.15) is 18.4 Å². The van der Waals surface area contributed by atoms with Gasteiger partial charge in [0, 0.05) is 0 Å².